The molecule has 0 unspecified atom stereocenters. The predicted molar refractivity (Wildman–Crippen MR) is 77.7 cm³/mol. The molecule has 0 amide bonds. The van der Waals surface area contributed by atoms with Gasteiger partial charge in [0.1, 0.15) is 17.8 Å². The number of carboxylic acid groups (broad SMARTS) is 1. The Labute approximate surface area is 116 Å². The molecular weight excluding hydrogens is 252 g/mol. The van der Waals surface area contributed by atoms with Crippen molar-refractivity contribution in [3.63, 3.8) is 0 Å². The molecular formula is C17H14O3. The first kappa shape index (κ1) is 12.5. The van der Waals surface area contributed by atoms with Gasteiger partial charge in [0.05, 0.1) is 0 Å². The van der Waals surface area contributed by atoms with Gasteiger partial charge in [0.2, 0.25) is 0 Å². The van der Waals surface area contributed by atoms with Crippen molar-refractivity contribution in [2.75, 3.05) is 0 Å². The minimum Gasteiger partial charge on any atom is -0.481 e. The minimum atomic E-state index is -0.879. The van der Waals surface area contributed by atoms with Gasteiger partial charge in [0.25, 0.3) is 0 Å². The Morgan fingerprint density at radius 1 is 1.10 bits per heavy atom. The van der Waals surface area contributed by atoms with Crippen LogP contribution in [0.5, 0.6) is 0 Å². The smallest absolute Gasteiger partial charge is 0.311 e. The van der Waals surface area contributed by atoms with Gasteiger partial charge in [-0.3, -0.25) is 4.79 Å². The van der Waals surface area contributed by atoms with Gasteiger partial charge in [0.15, 0.2) is 0 Å². The Hall–Kier alpha value is -2.55. The lowest BCUT2D eigenvalue weighted by Crippen LogP contribution is -1.99. The molecule has 3 nitrogen and oxygen atoms in total. The number of hydrogen-bond acceptors (Lipinski definition) is 2. The molecule has 0 saturated heterocycles. The van der Waals surface area contributed by atoms with Gasteiger partial charge in [-0.15, -0.1) is 0 Å². The van der Waals surface area contributed by atoms with Crippen molar-refractivity contribution in [3.8, 4) is 11.1 Å². The van der Waals surface area contributed by atoms with E-state index in [1.165, 1.54) is 0 Å². The number of fused-ring (bicyclic) bond motifs is 1. The highest BCUT2D eigenvalue weighted by molar-refractivity contribution is 5.88. The fourth-order valence-corrected chi connectivity index (χ4v) is 2.39. The Morgan fingerprint density at radius 3 is 2.55 bits per heavy atom. The van der Waals surface area contributed by atoms with E-state index in [0.717, 1.165) is 27.7 Å². The number of rotatable bonds is 3. The highest BCUT2D eigenvalue weighted by atomic mass is 16.4. The third-order valence-corrected chi connectivity index (χ3v) is 3.45. The van der Waals surface area contributed by atoms with Gasteiger partial charge < -0.3 is 9.52 Å². The van der Waals surface area contributed by atoms with Gasteiger partial charge in [-0.25, -0.2) is 0 Å². The highest BCUT2D eigenvalue weighted by Gasteiger charge is 2.13. The number of carbonyl (C=O) groups is 1. The Kier molecular flexibility index (Phi) is 3.03. The number of aryl methyl sites for hydroxylation is 1. The van der Waals surface area contributed by atoms with E-state index in [0.29, 0.717) is 5.76 Å². The van der Waals surface area contributed by atoms with E-state index < -0.39 is 5.97 Å². The zero-order valence-electron chi connectivity index (χ0n) is 11.1. The lowest BCUT2D eigenvalue weighted by atomic mass is 10.0. The standard InChI is InChI=1S/C17H14O3/c1-11-14-9-13(12-5-3-2-4-6-12)7-8-15(14)20-16(11)10-17(18)19/h2-9H,10H2,1H3,(H,18,19). The quantitative estimate of drug-likeness (QED) is 0.778. The second-order valence-electron chi connectivity index (χ2n) is 4.80. The topological polar surface area (TPSA) is 50.4 Å². The van der Waals surface area contributed by atoms with E-state index in [2.05, 4.69) is 18.2 Å². The van der Waals surface area contributed by atoms with Crippen molar-refractivity contribution in [3.05, 3.63) is 59.9 Å². The molecule has 2 aromatic carbocycles. The molecule has 0 bridgehead atoms. The van der Waals surface area contributed by atoms with E-state index in [1.807, 2.05) is 37.3 Å². The largest absolute Gasteiger partial charge is 0.481 e. The molecule has 0 spiro atoms. The van der Waals surface area contributed by atoms with Crippen LogP contribution in [0.2, 0.25) is 0 Å². The van der Waals surface area contributed by atoms with Crippen LogP contribution in [0.3, 0.4) is 0 Å². The lowest BCUT2D eigenvalue weighted by Gasteiger charge is -2.01. The molecule has 1 N–H and O–H groups in total. The number of furan rings is 1. The highest BCUT2D eigenvalue weighted by Crippen LogP contribution is 2.30. The van der Waals surface area contributed by atoms with Crippen LogP contribution in [-0.4, -0.2) is 11.1 Å². The molecule has 0 saturated carbocycles. The van der Waals surface area contributed by atoms with Crippen molar-refractivity contribution in [1.82, 2.24) is 0 Å². The first-order valence-corrected chi connectivity index (χ1v) is 6.44. The predicted octanol–water partition coefficient (Wildman–Crippen LogP) is 4.04. The van der Waals surface area contributed by atoms with Crippen molar-refractivity contribution in [1.29, 1.82) is 0 Å². The van der Waals surface area contributed by atoms with Crippen LogP contribution in [0.15, 0.2) is 52.9 Å². The Morgan fingerprint density at radius 2 is 1.85 bits per heavy atom. The van der Waals surface area contributed by atoms with E-state index in [4.69, 9.17) is 9.52 Å². The summed E-state index contributed by atoms with van der Waals surface area (Å²) in [5.74, 6) is -0.354. The Balaban J connectivity index is 2.11. The van der Waals surface area contributed by atoms with E-state index >= 15 is 0 Å². The summed E-state index contributed by atoms with van der Waals surface area (Å²) in [4.78, 5) is 10.8. The molecule has 20 heavy (non-hydrogen) atoms. The number of benzene rings is 2. The summed E-state index contributed by atoms with van der Waals surface area (Å²) in [7, 11) is 0. The first-order chi connectivity index (χ1) is 9.65. The van der Waals surface area contributed by atoms with Crippen LogP contribution < -0.4 is 0 Å². The average molecular weight is 266 g/mol. The Bertz CT molecular complexity index is 770. The fourth-order valence-electron chi connectivity index (χ4n) is 2.39. The number of carboxylic acids is 1. The summed E-state index contributed by atoms with van der Waals surface area (Å²) < 4.78 is 5.62. The van der Waals surface area contributed by atoms with Crippen molar-refractivity contribution in [2.24, 2.45) is 0 Å². The van der Waals surface area contributed by atoms with Gasteiger partial charge in [-0.05, 0) is 35.7 Å². The molecule has 3 rings (SSSR count). The third-order valence-electron chi connectivity index (χ3n) is 3.45. The molecule has 100 valence electrons. The average Bonchev–Trinajstić information content (AvgIpc) is 2.75. The maximum Gasteiger partial charge on any atom is 0.311 e. The van der Waals surface area contributed by atoms with Gasteiger partial charge in [-0.1, -0.05) is 36.4 Å². The number of aliphatic carboxylic acids is 1. The summed E-state index contributed by atoms with van der Waals surface area (Å²) in [5, 5.41) is 9.86. The summed E-state index contributed by atoms with van der Waals surface area (Å²) in [6.45, 7) is 1.90. The normalized spacial score (nSPS) is 10.8. The summed E-state index contributed by atoms with van der Waals surface area (Å²) in [5.41, 5.74) is 3.87. The summed E-state index contributed by atoms with van der Waals surface area (Å²) in [6, 6.07) is 16.0. The SMILES string of the molecule is Cc1c(CC(=O)O)oc2ccc(-c3ccccc3)cc12. The van der Waals surface area contributed by atoms with Crippen LogP contribution in [0.4, 0.5) is 0 Å². The van der Waals surface area contributed by atoms with E-state index in [-0.39, 0.29) is 6.42 Å². The third kappa shape index (κ3) is 2.18. The van der Waals surface area contributed by atoms with Crippen molar-refractivity contribution in [2.45, 2.75) is 13.3 Å². The van der Waals surface area contributed by atoms with Crippen LogP contribution >= 0.6 is 0 Å². The molecule has 1 heterocycles. The number of hydrogen-bond donors (Lipinski definition) is 1. The maximum absolute atomic E-state index is 10.8. The first-order valence-electron chi connectivity index (χ1n) is 6.44. The molecule has 0 aliphatic carbocycles. The second kappa shape index (κ2) is 4.85. The monoisotopic (exact) mass is 266 g/mol. The fraction of sp³-hybridized carbons (Fsp3) is 0.118. The lowest BCUT2D eigenvalue weighted by molar-refractivity contribution is -0.136. The maximum atomic E-state index is 10.8. The van der Waals surface area contributed by atoms with Crippen LogP contribution in [0.1, 0.15) is 11.3 Å². The summed E-state index contributed by atoms with van der Waals surface area (Å²) >= 11 is 0. The second-order valence-corrected chi connectivity index (χ2v) is 4.80. The van der Waals surface area contributed by atoms with Gasteiger partial charge in [0, 0.05) is 5.39 Å². The molecule has 0 atom stereocenters. The molecule has 0 fully saturated rings. The van der Waals surface area contributed by atoms with E-state index in [9.17, 15) is 4.79 Å². The van der Waals surface area contributed by atoms with Crippen LogP contribution in [0.25, 0.3) is 22.1 Å². The zero-order chi connectivity index (χ0) is 14.1. The van der Waals surface area contributed by atoms with Crippen molar-refractivity contribution >= 4 is 16.9 Å². The van der Waals surface area contributed by atoms with E-state index in [1.54, 1.807) is 0 Å². The van der Waals surface area contributed by atoms with Crippen molar-refractivity contribution < 1.29 is 14.3 Å². The molecule has 0 aliphatic heterocycles. The molecule has 0 aliphatic rings. The molecule has 3 aromatic rings. The van der Waals surface area contributed by atoms with Gasteiger partial charge in [-0.2, -0.15) is 0 Å². The molecule has 3 heteroatoms. The van der Waals surface area contributed by atoms with Crippen LogP contribution in [-0.2, 0) is 11.2 Å². The molecule has 1 aromatic heterocycles. The summed E-state index contributed by atoms with van der Waals surface area (Å²) in [6.07, 6.45) is -0.0822. The van der Waals surface area contributed by atoms with Gasteiger partial charge >= 0.3 is 5.97 Å². The molecule has 0 radical (unpaired) electrons. The zero-order valence-corrected chi connectivity index (χ0v) is 11.1. The van der Waals surface area contributed by atoms with Crippen LogP contribution in [0, 0.1) is 6.92 Å². The minimum absolute atomic E-state index is 0.0822.